The fourth-order valence-electron chi connectivity index (χ4n) is 2.01. The molecular weight excluding hydrogens is 242 g/mol. The number of nitrogens with zero attached hydrogens (tertiary/aromatic N) is 1. The van der Waals surface area contributed by atoms with E-state index in [9.17, 15) is 9.59 Å². The predicted molar refractivity (Wildman–Crippen MR) is 68.8 cm³/mol. The third-order valence-corrected chi connectivity index (χ3v) is 3.13. The summed E-state index contributed by atoms with van der Waals surface area (Å²) in [6.07, 6.45) is 1.75. The molecule has 100 valence electrons. The first-order valence-electron chi connectivity index (χ1n) is 5.80. The van der Waals surface area contributed by atoms with Gasteiger partial charge in [-0.15, -0.1) is 12.4 Å². The maximum atomic E-state index is 11.9. The fraction of sp³-hybridized carbons (Fsp3) is 0.818. The van der Waals surface area contributed by atoms with Crippen molar-refractivity contribution in [3.63, 3.8) is 0 Å². The lowest BCUT2D eigenvalue weighted by molar-refractivity contribution is -0.138. The first-order valence-corrected chi connectivity index (χ1v) is 5.80. The number of hydrogen-bond acceptors (Lipinski definition) is 3. The minimum atomic E-state index is -0.150. The highest BCUT2D eigenvalue weighted by Gasteiger charge is 2.29. The van der Waals surface area contributed by atoms with Gasteiger partial charge in [0.05, 0.1) is 5.92 Å². The zero-order valence-electron chi connectivity index (χ0n) is 10.4. The van der Waals surface area contributed by atoms with Crippen molar-refractivity contribution in [3.8, 4) is 0 Å². The van der Waals surface area contributed by atoms with Crippen molar-refractivity contribution in [3.05, 3.63) is 0 Å². The van der Waals surface area contributed by atoms with Gasteiger partial charge >= 0.3 is 0 Å². The summed E-state index contributed by atoms with van der Waals surface area (Å²) in [5.74, 6) is -0.120. The Morgan fingerprint density at radius 1 is 1.53 bits per heavy atom. The molecule has 0 aromatic carbocycles. The van der Waals surface area contributed by atoms with Gasteiger partial charge in [0.25, 0.3) is 0 Å². The van der Waals surface area contributed by atoms with Gasteiger partial charge in [-0.05, 0) is 12.8 Å². The summed E-state index contributed by atoms with van der Waals surface area (Å²) in [6, 6.07) is 0. The van der Waals surface area contributed by atoms with Gasteiger partial charge in [0.15, 0.2) is 0 Å². The molecule has 6 heteroatoms. The van der Waals surface area contributed by atoms with Crippen molar-refractivity contribution >= 4 is 24.2 Å². The van der Waals surface area contributed by atoms with Gasteiger partial charge in [0, 0.05) is 32.6 Å². The van der Waals surface area contributed by atoms with Crippen LogP contribution in [0.15, 0.2) is 0 Å². The molecule has 1 aliphatic heterocycles. The lowest BCUT2D eigenvalue weighted by Crippen LogP contribution is -2.47. The summed E-state index contributed by atoms with van der Waals surface area (Å²) < 4.78 is 0. The fourth-order valence-corrected chi connectivity index (χ4v) is 2.01. The largest absolute Gasteiger partial charge is 0.359 e. The van der Waals surface area contributed by atoms with Gasteiger partial charge < -0.3 is 16.0 Å². The number of nitrogens with two attached hydrogens (primary N) is 1. The van der Waals surface area contributed by atoms with E-state index in [1.165, 1.54) is 0 Å². The Bertz CT molecular complexity index is 273. The molecule has 0 saturated carbocycles. The van der Waals surface area contributed by atoms with Crippen LogP contribution in [0.5, 0.6) is 0 Å². The summed E-state index contributed by atoms with van der Waals surface area (Å²) >= 11 is 0. The second-order valence-corrected chi connectivity index (χ2v) is 4.37. The zero-order valence-corrected chi connectivity index (χ0v) is 11.3. The molecule has 0 radical (unpaired) electrons. The Morgan fingerprint density at radius 3 is 2.71 bits per heavy atom. The molecule has 1 aliphatic rings. The van der Waals surface area contributed by atoms with Crippen LogP contribution in [0, 0.1) is 11.8 Å². The lowest BCUT2D eigenvalue weighted by Gasteiger charge is -2.33. The number of piperidine rings is 1. The van der Waals surface area contributed by atoms with E-state index in [0.717, 1.165) is 19.4 Å². The van der Waals surface area contributed by atoms with Crippen molar-refractivity contribution < 1.29 is 9.59 Å². The van der Waals surface area contributed by atoms with E-state index in [1.54, 1.807) is 11.9 Å². The molecule has 1 fully saturated rings. The molecule has 17 heavy (non-hydrogen) atoms. The highest BCUT2D eigenvalue weighted by molar-refractivity contribution is 5.85. The monoisotopic (exact) mass is 263 g/mol. The van der Waals surface area contributed by atoms with Gasteiger partial charge in [-0.2, -0.15) is 0 Å². The molecule has 0 aromatic rings. The Labute approximate surface area is 109 Å². The van der Waals surface area contributed by atoms with Gasteiger partial charge in [0.1, 0.15) is 0 Å². The molecule has 0 spiro atoms. The van der Waals surface area contributed by atoms with Crippen molar-refractivity contribution in [1.82, 2.24) is 10.2 Å². The van der Waals surface area contributed by atoms with Crippen LogP contribution in [0.1, 0.15) is 19.8 Å². The first kappa shape index (κ1) is 16.2. The zero-order chi connectivity index (χ0) is 12.1. The number of amides is 2. The number of carbonyl (C=O) groups excluding carboxylic acids is 2. The average Bonchev–Trinajstić information content (AvgIpc) is 2.36. The normalized spacial score (nSPS) is 21.4. The van der Waals surface area contributed by atoms with Crippen molar-refractivity contribution in [2.24, 2.45) is 17.6 Å². The van der Waals surface area contributed by atoms with E-state index in [0.29, 0.717) is 13.1 Å². The molecular formula is C11H22ClN3O2. The topological polar surface area (TPSA) is 75.4 Å². The Hall–Kier alpha value is -0.810. The summed E-state index contributed by atoms with van der Waals surface area (Å²) in [7, 11) is 1.63. The molecule has 0 bridgehead atoms. The van der Waals surface area contributed by atoms with Gasteiger partial charge in [-0.25, -0.2) is 0 Å². The molecule has 5 nitrogen and oxygen atoms in total. The minimum absolute atomic E-state index is 0. The lowest BCUT2D eigenvalue weighted by atomic mass is 9.96. The van der Waals surface area contributed by atoms with Crippen molar-refractivity contribution in [2.75, 3.05) is 26.7 Å². The molecule has 0 aliphatic carbocycles. The minimum Gasteiger partial charge on any atom is -0.359 e. The quantitative estimate of drug-likeness (QED) is 0.752. The molecule has 2 unspecified atom stereocenters. The number of hydrogen-bond donors (Lipinski definition) is 2. The van der Waals surface area contributed by atoms with Gasteiger partial charge in [0.2, 0.25) is 11.8 Å². The Kier molecular flexibility index (Phi) is 7.15. The number of carbonyl (C=O) groups is 2. The van der Waals surface area contributed by atoms with E-state index in [1.807, 2.05) is 6.92 Å². The predicted octanol–water partition coefficient (Wildman–Crippen LogP) is -0.0124. The van der Waals surface area contributed by atoms with Crippen molar-refractivity contribution in [1.29, 1.82) is 0 Å². The van der Waals surface area contributed by atoms with Crippen LogP contribution in [0.2, 0.25) is 0 Å². The third-order valence-electron chi connectivity index (χ3n) is 3.13. The summed E-state index contributed by atoms with van der Waals surface area (Å²) in [5, 5.41) is 2.64. The van der Waals surface area contributed by atoms with Crippen LogP contribution < -0.4 is 11.1 Å². The average molecular weight is 264 g/mol. The molecule has 1 rings (SSSR count). The van der Waals surface area contributed by atoms with E-state index in [-0.39, 0.29) is 36.1 Å². The highest BCUT2D eigenvalue weighted by atomic mass is 35.5. The van der Waals surface area contributed by atoms with Gasteiger partial charge in [-0.3, -0.25) is 9.59 Å². The number of halogens is 1. The van der Waals surface area contributed by atoms with Crippen LogP contribution >= 0.6 is 12.4 Å². The van der Waals surface area contributed by atoms with E-state index in [4.69, 9.17) is 5.73 Å². The van der Waals surface area contributed by atoms with Crippen molar-refractivity contribution in [2.45, 2.75) is 19.8 Å². The molecule has 1 saturated heterocycles. The summed E-state index contributed by atoms with van der Waals surface area (Å²) in [5.41, 5.74) is 5.47. The molecule has 1 heterocycles. The molecule has 2 atom stereocenters. The first-order chi connectivity index (χ1) is 7.60. The van der Waals surface area contributed by atoms with Crippen LogP contribution in [0.3, 0.4) is 0 Å². The van der Waals surface area contributed by atoms with Gasteiger partial charge in [-0.1, -0.05) is 6.92 Å². The molecule has 2 amide bonds. The molecule has 0 aromatic heterocycles. The SMILES string of the molecule is CNC(=O)C1CCCN(C(=O)C(C)CN)C1.Cl. The van der Waals surface area contributed by atoms with Crippen LogP contribution in [0.25, 0.3) is 0 Å². The highest BCUT2D eigenvalue weighted by Crippen LogP contribution is 2.18. The Morgan fingerprint density at radius 2 is 2.18 bits per heavy atom. The van der Waals surface area contributed by atoms with Crippen LogP contribution in [-0.2, 0) is 9.59 Å². The smallest absolute Gasteiger partial charge is 0.226 e. The summed E-state index contributed by atoms with van der Waals surface area (Å²) in [4.78, 5) is 25.2. The standard InChI is InChI=1S/C11H21N3O2.ClH/c1-8(6-12)11(16)14-5-3-4-9(7-14)10(15)13-2;/h8-9H,3-7,12H2,1-2H3,(H,13,15);1H. The van der Waals surface area contributed by atoms with E-state index >= 15 is 0 Å². The number of likely N-dealkylation sites (tertiary alicyclic amines) is 1. The third kappa shape index (κ3) is 4.16. The van der Waals surface area contributed by atoms with E-state index < -0.39 is 0 Å². The van der Waals surface area contributed by atoms with Crippen LogP contribution in [0.4, 0.5) is 0 Å². The second kappa shape index (κ2) is 7.50. The van der Waals surface area contributed by atoms with E-state index in [2.05, 4.69) is 5.32 Å². The maximum Gasteiger partial charge on any atom is 0.226 e. The van der Waals surface area contributed by atoms with Crippen LogP contribution in [-0.4, -0.2) is 43.4 Å². The maximum absolute atomic E-state index is 11.9. The summed E-state index contributed by atoms with van der Waals surface area (Å²) in [6.45, 7) is 3.46. The number of rotatable bonds is 3. The second-order valence-electron chi connectivity index (χ2n) is 4.37. The number of nitrogens with one attached hydrogen (secondary N) is 1. The molecule has 3 N–H and O–H groups in total. The Balaban J connectivity index is 0.00000256.